The van der Waals surface area contributed by atoms with E-state index in [1.807, 2.05) is 32.3 Å². The molecule has 0 aliphatic carbocycles. The van der Waals surface area contributed by atoms with Gasteiger partial charge < -0.3 is 19.6 Å². The number of nitrogens with one attached hydrogen (secondary N) is 1. The van der Waals surface area contributed by atoms with Crippen LogP contribution in [0.2, 0.25) is 0 Å². The summed E-state index contributed by atoms with van der Waals surface area (Å²) in [5, 5.41) is 2.75. The quantitative estimate of drug-likeness (QED) is 0.794. The van der Waals surface area contributed by atoms with Crippen LogP contribution >= 0.6 is 0 Å². The zero-order chi connectivity index (χ0) is 13.1. The summed E-state index contributed by atoms with van der Waals surface area (Å²) in [4.78, 5) is 10.2. The molecule has 0 spiro atoms. The first-order chi connectivity index (χ1) is 8.23. The number of carbonyl (C=O) groups excluding carboxylic acids is 1. The molecule has 4 nitrogen and oxygen atoms in total. The Morgan fingerprint density at radius 3 is 2.24 bits per heavy atom. The lowest BCUT2D eigenvalue weighted by atomic mass is 10.1. The van der Waals surface area contributed by atoms with Crippen LogP contribution in [0.4, 0.5) is 0 Å². The van der Waals surface area contributed by atoms with Gasteiger partial charge in [-0.2, -0.15) is 0 Å². The van der Waals surface area contributed by atoms with Crippen LogP contribution in [-0.2, 0) is 11.2 Å². The lowest BCUT2D eigenvalue weighted by molar-refractivity contribution is -0.107. The molecule has 17 heavy (non-hydrogen) atoms. The molecular weight excluding hydrogens is 218 g/mol. The van der Waals surface area contributed by atoms with Gasteiger partial charge in [0, 0.05) is 6.42 Å². The third-order valence-electron chi connectivity index (χ3n) is 2.00. The number of aldehydes is 1. The molecule has 0 aliphatic heterocycles. The number of ether oxygens (including phenoxy) is 2. The summed E-state index contributed by atoms with van der Waals surface area (Å²) < 4.78 is 10.2. The molecule has 4 heteroatoms. The fraction of sp³-hybridized carbons (Fsp3) is 0.462. The molecule has 0 aromatic heterocycles. The maximum atomic E-state index is 10.2. The monoisotopic (exact) mass is 239 g/mol. The van der Waals surface area contributed by atoms with Gasteiger partial charge in [0.1, 0.15) is 6.29 Å². The molecule has 0 amide bonds. The predicted molar refractivity (Wildman–Crippen MR) is 68.9 cm³/mol. The zero-order valence-corrected chi connectivity index (χ0v) is 10.9. The largest absolute Gasteiger partial charge is 0.493 e. The molecule has 1 aromatic carbocycles. The van der Waals surface area contributed by atoms with Crippen molar-refractivity contribution in [2.45, 2.75) is 12.8 Å². The highest BCUT2D eigenvalue weighted by Gasteiger charge is 2.03. The van der Waals surface area contributed by atoms with Crippen LogP contribution < -0.4 is 14.8 Å². The van der Waals surface area contributed by atoms with Crippen LogP contribution in [0, 0.1) is 0 Å². The van der Waals surface area contributed by atoms with Gasteiger partial charge >= 0.3 is 0 Å². The second-order valence-corrected chi connectivity index (χ2v) is 3.39. The lowest BCUT2D eigenvalue weighted by Crippen LogP contribution is -1.93. The third kappa shape index (κ3) is 5.92. The van der Waals surface area contributed by atoms with E-state index in [1.54, 1.807) is 14.2 Å². The summed E-state index contributed by atoms with van der Waals surface area (Å²) >= 11 is 0. The van der Waals surface area contributed by atoms with Crippen molar-refractivity contribution in [2.75, 3.05) is 28.3 Å². The maximum Gasteiger partial charge on any atom is 0.160 e. The van der Waals surface area contributed by atoms with Crippen molar-refractivity contribution in [3.63, 3.8) is 0 Å². The predicted octanol–water partition coefficient (Wildman–Crippen LogP) is 1.67. The van der Waals surface area contributed by atoms with Crippen molar-refractivity contribution in [1.29, 1.82) is 0 Å². The van der Waals surface area contributed by atoms with E-state index in [4.69, 9.17) is 9.47 Å². The standard InChI is InChI=1S/C11H14O3.C2H7N/c1-13-10-6-5-9(4-3-7-12)8-11(10)14-2;1-3-2/h5-8H,3-4H2,1-2H3;3H,1-2H3. The highest BCUT2D eigenvalue weighted by atomic mass is 16.5. The number of hydrogen-bond acceptors (Lipinski definition) is 4. The minimum atomic E-state index is 0.537. The van der Waals surface area contributed by atoms with Crippen molar-refractivity contribution in [3.8, 4) is 11.5 Å². The van der Waals surface area contributed by atoms with E-state index in [-0.39, 0.29) is 0 Å². The van der Waals surface area contributed by atoms with Crippen molar-refractivity contribution in [2.24, 2.45) is 0 Å². The smallest absolute Gasteiger partial charge is 0.160 e. The summed E-state index contributed by atoms with van der Waals surface area (Å²) in [5.74, 6) is 1.42. The molecule has 0 aliphatic rings. The van der Waals surface area contributed by atoms with Crippen molar-refractivity contribution in [3.05, 3.63) is 23.8 Å². The van der Waals surface area contributed by atoms with Gasteiger partial charge in [0.05, 0.1) is 14.2 Å². The minimum Gasteiger partial charge on any atom is -0.493 e. The molecular formula is C13H21NO3. The fourth-order valence-corrected chi connectivity index (χ4v) is 1.26. The summed E-state index contributed by atoms with van der Waals surface area (Å²) in [6.07, 6.45) is 2.19. The van der Waals surface area contributed by atoms with Gasteiger partial charge in [0.15, 0.2) is 11.5 Å². The molecule has 96 valence electrons. The normalized spacial score (nSPS) is 8.94. The Labute approximate surface area is 103 Å². The van der Waals surface area contributed by atoms with Crippen LogP contribution in [-0.4, -0.2) is 34.6 Å². The average Bonchev–Trinajstić information content (AvgIpc) is 2.36. The molecule has 1 rings (SSSR count). The Morgan fingerprint density at radius 1 is 1.18 bits per heavy atom. The van der Waals surface area contributed by atoms with Crippen LogP contribution in [0.3, 0.4) is 0 Å². The molecule has 0 heterocycles. The van der Waals surface area contributed by atoms with Gasteiger partial charge in [-0.3, -0.25) is 0 Å². The zero-order valence-electron chi connectivity index (χ0n) is 10.9. The van der Waals surface area contributed by atoms with Gasteiger partial charge in [-0.1, -0.05) is 6.07 Å². The Hall–Kier alpha value is -1.55. The van der Waals surface area contributed by atoms with Crippen molar-refractivity contribution < 1.29 is 14.3 Å². The first-order valence-corrected chi connectivity index (χ1v) is 5.46. The molecule has 1 N–H and O–H groups in total. The van der Waals surface area contributed by atoms with E-state index in [0.29, 0.717) is 17.9 Å². The molecule has 0 unspecified atom stereocenters. The molecule has 1 aromatic rings. The maximum absolute atomic E-state index is 10.2. The topological polar surface area (TPSA) is 47.6 Å². The second kappa shape index (κ2) is 9.66. The van der Waals surface area contributed by atoms with E-state index in [0.717, 1.165) is 18.3 Å². The highest BCUT2D eigenvalue weighted by Crippen LogP contribution is 2.27. The molecule has 0 fully saturated rings. The number of hydrogen-bond donors (Lipinski definition) is 1. The van der Waals surface area contributed by atoms with E-state index in [9.17, 15) is 4.79 Å². The first-order valence-electron chi connectivity index (χ1n) is 5.46. The summed E-state index contributed by atoms with van der Waals surface area (Å²) in [6, 6.07) is 5.67. The summed E-state index contributed by atoms with van der Waals surface area (Å²) in [6.45, 7) is 0. The molecule has 0 saturated carbocycles. The molecule has 0 saturated heterocycles. The van der Waals surface area contributed by atoms with Crippen LogP contribution in [0.1, 0.15) is 12.0 Å². The lowest BCUT2D eigenvalue weighted by Gasteiger charge is -2.08. The number of carbonyl (C=O) groups is 1. The number of aryl methyl sites for hydroxylation is 1. The Morgan fingerprint density at radius 2 is 1.76 bits per heavy atom. The van der Waals surface area contributed by atoms with E-state index < -0.39 is 0 Å². The average molecular weight is 239 g/mol. The molecule has 0 radical (unpaired) electrons. The summed E-state index contributed by atoms with van der Waals surface area (Å²) in [7, 11) is 6.95. The van der Waals surface area contributed by atoms with Crippen LogP contribution in [0.25, 0.3) is 0 Å². The third-order valence-corrected chi connectivity index (χ3v) is 2.00. The molecule has 0 bridgehead atoms. The molecule has 0 atom stereocenters. The van der Waals surface area contributed by atoms with Crippen molar-refractivity contribution >= 4 is 6.29 Å². The highest BCUT2D eigenvalue weighted by molar-refractivity contribution is 5.51. The van der Waals surface area contributed by atoms with Gasteiger partial charge in [-0.15, -0.1) is 0 Å². The van der Waals surface area contributed by atoms with E-state index in [2.05, 4.69) is 5.32 Å². The van der Waals surface area contributed by atoms with E-state index >= 15 is 0 Å². The summed E-state index contributed by atoms with van der Waals surface area (Å²) in [5.41, 5.74) is 1.08. The minimum absolute atomic E-state index is 0.537. The van der Waals surface area contributed by atoms with Gasteiger partial charge in [-0.25, -0.2) is 0 Å². The van der Waals surface area contributed by atoms with Gasteiger partial charge in [0.25, 0.3) is 0 Å². The number of rotatable bonds is 5. The number of benzene rings is 1. The Kier molecular flexibility index (Phi) is 8.78. The van der Waals surface area contributed by atoms with Gasteiger partial charge in [-0.05, 0) is 38.2 Å². The Balaban J connectivity index is 0.000000770. The van der Waals surface area contributed by atoms with Crippen molar-refractivity contribution in [1.82, 2.24) is 5.32 Å². The first kappa shape index (κ1) is 15.4. The number of methoxy groups -OCH3 is 2. The Bertz CT molecular complexity index is 326. The van der Waals surface area contributed by atoms with Crippen LogP contribution in [0.15, 0.2) is 18.2 Å². The van der Waals surface area contributed by atoms with Crippen LogP contribution in [0.5, 0.6) is 11.5 Å². The second-order valence-electron chi connectivity index (χ2n) is 3.39. The SMILES string of the molecule is CNC.COc1ccc(CCC=O)cc1OC. The van der Waals surface area contributed by atoms with E-state index in [1.165, 1.54) is 0 Å². The van der Waals surface area contributed by atoms with Gasteiger partial charge in [0.2, 0.25) is 0 Å². The fourth-order valence-electron chi connectivity index (χ4n) is 1.26.